The van der Waals surface area contributed by atoms with Gasteiger partial charge in [-0.3, -0.25) is 4.79 Å². The van der Waals surface area contributed by atoms with Gasteiger partial charge in [0.25, 0.3) is 0 Å². The number of phenolic OH excluding ortho intramolecular Hbond substituents is 1. The fourth-order valence-corrected chi connectivity index (χ4v) is 2.37. The summed E-state index contributed by atoms with van der Waals surface area (Å²) in [5.41, 5.74) is 0.360. The predicted molar refractivity (Wildman–Crippen MR) is 74.6 cm³/mol. The first kappa shape index (κ1) is 13.0. The highest BCUT2D eigenvalue weighted by atomic mass is 35.5. The van der Waals surface area contributed by atoms with E-state index in [1.165, 1.54) is 17.8 Å². The number of halogens is 1. The summed E-state index contributed by atoms with van der Waals surface area (Å²) in [7, 11) is 0. The third-order valence-electron chi connectivity index (χ3n) is 2.39. The van der Waals surface area contributed by atoms with E-state index in [0.717, 1.165) is 4.90 Å². The van der Waals surface area contributed by atoms with Crippen molar-refractivity contribution in [2.75, 3.05) is 5.75 Å². The summed E-state index contributed by atoms with van der Waals surface area (Å²) in [6, 6.07) is 13.9. The maximum Gasteiger partial charge on any atom is 0.176 e. The number of para-hydroxylation sites is 1. The molecule has 2 aromatic carbocycles. The summed E-state index contributed by atoms with van der Waals surface area (Å²) in [6.45, 7) is 0. The Kier molecular flexibility index (Phi) is 4.28. The van der Waals surface area contributed by atoms with Crippen LogP contribution in [0.2, 0.25) is 5.02 Å². The molecule has 0 unspecified atom stereocenters. The van der Waals surface area contributed by atoms with Crippen molar-refractivity contribution in [3.8, 4) is 5.75 Å². The van der Waals surface area contributed by atoms with E-state index in [1.54, 1.807) is 30.3 Å². The maximum atomic E-state index is 11.9. The molecule has 4 heteroatoms. The molecule has 0 spiro atoms. The first-order chi connectivity index (χ1) is 8.66. The van der Waals surface area contributed by atoms with Gasteiger partial charge in [-0.05, 0) is 36.4 Å². The maximum absolute atomic E-state index is 11.9. The van der Waals surface area contributed by atoms with Crippen LogP contribution in [0.4, 0.5) is 0 Å². The zero-order valence-electron chi connectivity index (χ0n) is 9.47. The third kappa shape index (κ3) is 3.28. The van der Waals surface area contributed by atoms with Crippen molar-refractivity contribution < 1.29 is 9.90 Å². The summed E-state index contributed by atoms with van der Waals surface area (Å²) < 4.78 is 0. The lowest BCUT2D eigenvalue weighted by atomic mass is 10.1. The van der Waals surface area contributed by atoms with Gasteiger partial charge in [-0.2, -0.15) is 0 Å². The molecule has 0 saturated heterocycles. The number of ketones is 1. The summed E-state index contributed by atoms with van der Waals surface area (Å²) in [5, 5.41) is 10.2. The van der Waals surface area contributed by atoms with Crippen molar-refractivity contribution >= 4 is 29.1 Å². The number of benzene rings is 2. The van der Waals surface area contributed by atoms with E-state index in [2.05, 4.69) is 0 Å². The topological polar surface area (TPSA) is 37.3 Å². The van der Waals surface area contributed by atoms with Gasteiger partial charge in [0.05, 0.1) is 11.3 Å². The molecule has 0 fully saturated rings. The molecule has 0 atom stereocenters. The van der Waals surface area contributed by atoms with Gasteiger partial charge in [-0.25, -0.2) is 0 Å². The SMILES string of the molecule is O=C(CSc1ccc(Cl)cc1)c1ccccc1O. The number of rotatable bonds is 4. The minimum absolute atomic E-state index is 0.0270. The predicted octanol–water partition coefficient (Wildman–Crippen LogP) is 4.02. The summed E-state index contributed by atoms with van der Waals surface area (Å²) in [4.78, 5) is 12.9. The van der Waals surface area contributed by atoms with Crippen LogP contribution < -0.4 is 0 Å². The largest absolute Gasteiger partial charge is 0.507 e. The minimum atomic E-state index is -0.0898. The molecule has 2 nitrogen and oxygen atoms in total. The number of phenols is 1. The Morgan fingerprint density at radius 3 is 2.44 bits per heavy atom. The smallest absolute Gasteiger partial charge is 0.176 e. The number of hydrogen-bond acceptors (Lipinski definition) is 3. The Hall–Kier alpha value is -1.45. The molecule has 0 aliphatic rings. The van der Waals surface area contributed by atoms with Crippen molar-refractivity contribution in [1.82, 2.24) is 0 Å². The van der Waals surface area contributed by atoms with Gasteiger partial charge in [0.1, 0.15) is 5.75 Å². The van der Waals surface area contributed by atoms with E-state index in [0.29, 0.717) is 16.3 Å². The number of aromatic hydroxyl groups is 1. The van der Waals surface area contributed by atoms with E-state index >= 15 is 0 Å². The van der Waals surface area contributed by atoms with Crippen LogP contribution in [0.25, 0.3) is 0 Å². The average molecular weight is 279 g/mol. The monoisotopic (exact) mass is 278 g/mol. The van der Waals surface area contributed by atoms with E-state index in [9.17, 15) is 9.90 Å². The Bertz CT molecular complexity index is 552. The fourth-order valence-electron chi connectivity index (χ4n) is 1.47. The van der Waals surface area contributed by atoms with Crippen molar-refractivity contribution in [3.05, 3.63) is 59.1 Å². The van der Waals surface area contributed by atoms with Crippen LogP contribution in [0, 0.1) is 0 Å². The highest BCUT2D eigenvalue weighted by Gasteiger charge is 2.10. The Balaban J connectivity index is 2.01. The van der Waals surface area contributed by atoms with Gasteiger partial charge in [-0.1, -0.05) is 23.7 Å². The van der Waals surface area contributed by atoms with Gasteiger partial charge in [0, 0.05) is 9.92 Å². The highest BCUT2D eigenvalue weighted by molar-refractivity contribution is 8.00. The Morgan fingerprint density at radius 2 is 1.78 bits per heavy atom. The van der Waals surface area contributed by atoms with Crippen molar-refractivity contribution in [1.29, 1.82) is 0 Å². The highest BCUT2D eigenvalue weighted by Crippen LogP contribution is 2.23. The van der Waals surface area contributed by atoms with E-state index < -0.39 is 0 Å². The Labute approximate surface area is 115 Å². The van der Waals surface area contributed by atoms with Gasteiger partial charge in [0.15, 0.2) is 5.78 Å². The number of hydrogen-bond donors (Lipinski definition) is 1. The van der Waals surface area contributed by atoms with Crippen LogP contribution in [0.15, 0.2) is 53.4 Å². The number of carbonyl (C=O) groups is 1. The van der Waals surface area contributed by atoms with Crippen LogP contribution in [-0.4, -0.2) is 16.6 Å². The van der Waals surface area contributed by atoms with Crippen LogP contribution in [0.3, 0.4) is 0 Å². The summed E-state index contributed by atoms with van der Waals surface area (Å²) in [5.74, 6) is 0.228. The molecule has 2 aromatic rings. The third-order valence-corrected chi connectivity index (χ3v) is 3.65. The number of thioether (sulfide) groups is 1. The van der Waals surface area contributed by atoms with Crippen LogP contribution in [0.5, 0.6) is 5.75 Å². The summed E-state index contributed by atoms with van der Waals surface area (Å²) >= 11 is 7.20. The molecule has 2 rings (SSSR count). The fraction of sp³-hybridized carbons (Fsp3) is 0.0714. The first-order valence-corrected chi connectivity index (χ1v) is 6.73. The lowest BCUT2D eigenvalue weighted by Gasteiger charge is -2.03. The van der Waals surface area contributed by atoms with Gasteiger partial charge in [0.2, 0.25) is 0 Å². The molecule has 0 aliphatic heterocycles. The molecule has 0 bridgehead atoms. The normalized spacial score (nSPS) is 10.3. The molecular weight excluding hydrogens is 268 g/mol. The van der Waals surface area contributed by atoms with Gasteiger partial charge in [-0.15, -0.1) is 11.8 Å². The molecule has 0 amide bonds. The zero-order valence-corrected chi connectivity index (χ0v) is 11.0. The first-order valence-electron chi connectivity index (χ1n) is 5.36. The second kappa shape index (κ2) is 5.94. The van der Waals surface area contributed by atoms with Crippen molar-refractivity contribution in [2.45, 2.75) is 4.90 Å². The van der Waals surface area contributed by atoms with Crippen molar-refractivity contribution in [3.63, 3.8) is 0 Å². The van der Waals surface area contributed by atoms with Crippen molar-refractivity contribution in [2.24, 2.45) is 0 Å². The lowest BCUT2D eigenvalue weighted by molar-refractivity contribution is 0.102. The molecule has 0 radical (unpaired) electrons. The van der Waals surface area contributed by atoms with Crippen LogP contribution in [0.1, 0.15) is 10.4 Å². The van der Waals surface area contributed by atoms with Crippen LogP contribution in [-0.2, 0) is 0 Å². The average Bonchev–Trinajstić information content (AvgIpc) is 2.38. The van der Waals surface area contributed by atoms with Gasteiger partial charge >= 0.3 is 0 Å². The second-order valence-corrected chi connectivity index (χ2v) is 5.17. The standard InChI is InChI=1S/C14H11ClO2S/c15-10-5-7-11(8-6-10)18-9-14(17)12-3-1-2-4-13(12)16/h1-8,16H,9H2. The Morgan fingerprint density at radius 1 is 1.11 bits per heavy atom. The molecule has 0 saturated carbocycles. The molecular formula is C14H11ClO2S. The quantitative estimate of drug-likeness (QED) is 0.678. The molecule has 92 valence electrons. The second-order valence-electron chi connectivity index (χ2n) is 3.68. The molecule has 1 N–H and O–H groups in total. The zero-order chi connectivity index (χ0) is 13.0. The molecule has 18 heavy (non-hydrogen) atoms. The molecule has 0 aliphatic carbocycles. The van der Waals surface area contributed by atoms with E-state index in [4.69, 9.17) is 11.6 Å². The lowest BCUT2D eigenvalue weighted by Crippen LogP contribution is -2.02. The van der Waals surface area contributed by atoms with E-state index in [1.807, 2.05) is 12.1 Å². The molecule has 0 aromatic heterocycles. The summed E-state index contributed by atoms with van der Waals surface area (Å²) in [6.07, 6.45) is 0. The number of Topliss-reactive ketones (excluding diaryl/α,β-unsaturated/α-hetero) is 1. The van der Waals surface area contributed by atoms with Gasteiger partial charge < -0.3 is 5.11 Å². The molecule has 0 heterocycles. The van der Waals surface area contributed by atoms with E-state index in [-0.39, 0.29) is 11.5 Å². The van der Waals surface area contributed by atoms with Crippen LogP contribution >= 0.6 is 23.4 Å². The number of carbonyl (C=O) groups excluding carboxylic acids is 1. The minimum Gasteiger partial charge on any atom is -0.507 e.